The van der Waals surface area contributed by atoms with Gasteiger partial charge in [-0.2, -0.15) is 0 Å². The molecule has 0 amide bonds. The maximum atomic E-state index is 2.48. The normalized spacial score (nSPS) is 12.1. The van der Waals surface area contributed by atoms with Crippen LogP contribution in [0.4, 0.5) is 0 Å². The van der Waals surface area contributed by atoms with Gasteiger partial charge in [-0.25, -0.2) is 0 Å². The van der Waals surface area contributed by atoms with Gasteiger partial charge in [0.1, 0.15) is 0 Å². The Bertz CT molecular complexity index is 4180. The Morgan fingerprint density at radius 1 is 0.222 bits per heavy atom. The molecule has 0 radical (unpaired) electrons. The number of rotatable bonds is 4. The number of hydrogen-bond acceptors (Lipinski definition) is 0. The molecule has 3 aromatic heterocycles. The summed E-state index contributed by atoms with van der Waals surface area (Å²) in [5.74, 6) is 0. The maximum Gasteiger partial charge on any atom is 0.0625 e. The Labute approximate surface area is 362 Å². The van der Waals surface area contributed by atoms with Crippen LogP contribution in [0, 0.1) is 0 Å². The maximum absolute atomic E-state index is 2.48. The van der Waals surface area contributed by atoms with E-state index in [9.17, 15) is 0 Å². The summed E-state index contributed by atoms with van der Waals surface area (Å²) in [4.78, 5) is 0. The molecule has 0 atom stereocenters. The van der Waals surface area contributed by atoms with Gasteiger partial charge in [-0.3, -0.25) is 0 Å². The first-order chi connectivity index (χ1) is 31.3. The minimum absolute atomic E-state index is 1.13. The van der Waals surface area contributed by atoms with Crippen molar-refractivity contribution in [3.63, 3.8) is 0 Å². The van der Waals surface area contributed by atoms with Crippen LogP contribution >= 0.6 is 0 Å². The van der Waals surface area contributed by atoms with E-state index in [1.807, 2.05) is 0 Å². The van der Waals surface area contributed by atoms with Crippen LogP contribution in [0.1, 0.15) is 0 Å². The third-order valence-corrected chi connectivity index (χ3v) is 13.6. The van der Waals surface area contributed by atoms with Crippen LogP contribution in [0.3, 0.4) is 0 Å². The van der Waals surface area contributed by atoms with E-state index in [1.54, 1.807) is 0 Å². The lowest BCUT2D eigenvalue weighted by Gasteiger charge is -2.14. The molecule has 3 nitrogen and oxygen atoms in total. The molecule has 11 aromatic carbocycles. The van der Waals surface area contributed by atoms with Crippen molar-refractivity contribution in [3.05, 3.63) is 224 Å². The van der Waals surface area contributed by atoms with Crippen molar-refractivity contribution in [1.82, 2.24) is 13.7 Å². The Morgan fingerprint density at radius 3 is 1.29 bits per heavy atom. The Balaban J connectivity index is 0.933. The molecule has 0 fully saturated rings. The highest BCUT2D eigenvalue weighted by atomic mass is 15.0. The van der Waals surface area contributed by atoms with E-state index in [1.165, 1.54) is 115 Å². The Hall–Kier alpha value is -8.40. The first-order valence-corrected chi connectivity index (χ1v) is 21.8. The summed E-state index contributed by atoms with van der Waals surface area (Å²) in [5, 5.41) is 15.3. The van der Waals surface area contributed by atoms with Crippen molar-refractivity contribution < 1.29 is 0 Å². The zero-order valence-corrected chi connectivity index (χ0v) is 34.2. The lowest BCUT2D eigenvalue weighted by Crippen LogP contribution is -1.98. The summed E-state index contributed by atoms with van der Waals surface area (Å²) < 4.78 is 7.29. The summed E-state index contributed by atoms with van der Waals surface area (Å²) in [6.07, 6.45) is 0. The second-order valence-corrected chi connectivity index (χ2v) is 16.9. The van der Waals surface area contributed by atoms with E-state index in [-0.39, 0.29) is 0 Å². The lowest BCUT2D eigenvalue weighted by atomic mass is 9.93. The predicted octanol–water partition coefficient (Wildman–Crippen LogP) is 16.1. The summed E-state index contributed by atoms with van der Waals surface area (Å²) in [5.41, 5.74) is 13.1. The molecular formula is C60H37N3. The molecule has 0 saturated carbocycles. The van der Waals surface area contributed by atoms with Gasteiger partial charge in [-0.1, -0.05) is 146 Å². The summed E-state index contributed by atoms with van der Waals surface area (Å²) in [7, 11) is 0. The fourth-order valence-corrected chi connectivity index (χ4v) is 10.9. The highest BCUT2D eigenvalue weighted by Crippen LogP contribution is 2.45. The van der Waals surface area contributed by atoms with E-state index in [2.05, 4.69) is 238 Å². The Morgan fingerprint density at radius 2 is 0.667 bits per heavy atom. The monoisotopic (exact) mass is 799 g/mol. The van der Waals surface area contributed by atoms with E-state index in [0.29, 0.717) is 0 Å². The van der Waals surface area contributed by atoms with Crippen molar-refractivity contribution in [2.24, 2.45) is 0 Å². The van der Waals surface area contributed by atoms with Crippen molar-refractivity contribution in [2.45, 2.75) is 0 Å². The van der Waals surface area contributed by atoms with Gasteiger partial charge in [0.15, 0.2) is 0 Å². The first-order valence-electron chi connectivity index (χ1n) is 21.8. The largest absolute Gasteiger partial charge is 0.309 e. The van der Waals surface area contributed by atoms with Crippen LogP contribution in [0.2, 0.25) is 0 Å². The molecule has 14 aromatic rings. The second kappa shape index (κ2) is 13.1. The van der Waals surface area contributed by atoms with E-state index in [0.717, 1.165) is 11.4 Å². The van der Waals surface area contributed by atoms with Gasteiger partial charge in [-0.05, 0) is 117 Å². The standard InChI is InChI=1S/C60H37N3/c1-2-15-41(16-3-1)61-53-23-11-8-18-45(53)51-36-39(27-34-56(51)61)40-28-35-57-52(37-40)46-19-9-12-24-54(46)62(57)42-29-31-43(32-30-42)63-55-25-13-10-22-49(55)59-50-33-26-38-14-4-5-17-44(38)58(50)47-20-6-7-21-48(47)60(59)63/h1-37H. The topological polar surface area (TPSA) is 14.8 Å². The van der Waals surface area contributed by atoms with Crippen molar-refractivity contribution in [2.75, 3.05) is 0 Å². The molecule has 0 bridgehead atoms. The number of fused-ring (bicyclic) bond motifs is 16. The van der Waals surface area contributed by atoms with Gasteiger partial charge in [-0.15, -0.1) is 0 Å². The average molecular weight is 800 g/mol. The zero-order valence-electron chi connectivity index (χ0n) is 34.2. The minimum Gasteiger partial charge on any atom is -0.309 e. The molecule has 0 N–H and O–H groups in total. The molecule has 0 aliphatic rings. The van der Waals surface area contributed by atoms with Gasteiger partial charge in [0.2, 0.25) is 0 Å². The molecular weight excluding hydrogens is 763 g/mol. The summed E-state index contributed by atoms with van der Waals surface area (Å²) in [6, 6.07) is 82.6. The van der Waals surface area contributed by atoms with Gasteiger partial charge in [0.25, 0.3) is 0 Å². The second-order valence-electron chi connectivity index (χ2n) is 16.9. The van der Waals surface area contributed by atoms with Crippen LogP contribution in [-0.2, 0) is 0 Å². The molecule has 3 heteroatoms. The number of nitrogens with zero attached hydrogens (tertiary/aromatic N) is 3. The van der Waals surface area contributed by atoms with Crippen molar-refractivity contribution in [3.8, 4) is 28.2 Å². The highest BCUT2D eigenvalue weighted by molar-refractivity contribution is 6.36. The number of hydrogen-bond donors (Lipinski definition) is 0. The predicted molar refractivity (Wildman–Crippen MR) is 267 cm³/mol. The highest BCUT2D eigenvalue weighted by Gasteiger charge is 2.21. The molecule has 14 rings (SSSR count). The van der Waals surface area contributed by atoms with Crippen molar-refractivity contribution in [1.29, 1.82) is 0 Å². The number of para-hydroxylation sites is 4. The summed E-state index contributed by atoms with van der Waals surface area (Å²) in [6.45, 7) is 0. The van der Waals surface area contributed by atoms with Gasteiger partial charge >= 0.3 is 0 Å². The van der Waals surface area contributed by atoms with Crippen LogP contribution in [0.25, 0.3) is 126 Å². The van der Waals surface area contributed by atoms with Crippen LogP contribution in [0.15, 0.2) is 224 Å². The van der Waals surface area contributed by atoms with Crippen LogP contribution in [0.5, 0.6) is 0 Å². The fourth-order valence-electron chi connectivity index (χ4n) is 10.9. The lowest BCUT2D eigenvalue weighted by molar-refractivity contribution is 1.15. The molecule has 0 saturated heterocycles. The molecule has 0 aliphatic carbocycles. The minimum atomic E-state index is 1.13. The molecule has 3 heterocycles. The smallest absolute Gasteiger partial charge is 0.0625 e. The van der Waals surface area contributed by atoms with Crippen molar-refractivity contribution >= 4 is 97.7 Å². The third kappa shape index (κ3) is 4.85. The fraction of sp³-hybridized carbons (Fsp3) is 0. The SMILES string of the molecule is c1ccc(-n2c3ccccc3c3cc(-c4ccc5c(c4)c4ccccc4n5-c4ccc(-n5c6ccccc6c6c7ccc8ccccc8c7c7ccccc7c65)cc4)ccc32)cc1. The van der Waals surface area contributed by atoms with Crippen LogP contribution < -0.4 is 0 Å². The molecule has 63 heavy (non-hydrogen) atoms. The molecule has 292 valence electrons. The zero-order chi connectivity index (χ0) is 41.2. The van der Waals surface area contributed by atoms with E-state index < -0.39 is 0 Å². The average Bonchev–Trinajstić information content (AvgIpc) is 4.00. The number of benzene rings is 11. The third-order valence-electron chi connectivity index (χ3n) is 13.6. The van der Waals surface area contributed by atoms with E-state index in [4.69, 9.17) is 0 Å². The van der Waals surface area contributed by atoms with Crippen LogP contribution in [-0.4, -0.2) is 13.7 Å². The van der Waals surface area contributed by atoms with Gasteiger partial charge in [0, 0.05) is 54.8 Å². The van der Waals surface area contributed by atoms with E-state index >= 15 is 0 Å². The van der Waals surface area contributed by atoms with Gasteiger partial charge < -0.3 is 13.7 Å². The first kappa shape index (κ1) is 34.3. The molecule has 0 spiro atoms. The number of aromatic nitrogens is 3. The summed E-state index contributed by atoms with van der Waals surface area (Å²) >= 11 is 0. The molecule has 0 aliphatic heterocycles. The quantitative estimate of drug-likeness (QED) is 0.158. The van der Waals surface area contributed by atoms with Gasteiger partial charge in [0.05, 0.1) is 33.1 Å². The Kier molecular flexibility index (Phi) is 7.11. The molecule has 0 unspecified atom stereocenters.